The number of anilines is 2. The third-order valence-corrected chi connectivity index (χ3v) is 5.05. The predicted molar refractivity (Wildman–Crippen MR) is 106 cm³/mol. The molecule has 7 heteroatoms. The molecule has 0 amide bonds. The zero-order valence-corrected chi connectivity index (χ0v) is 15.4. The van der Waals surface area contributed by atoms with E-state index in [9.17, 15) is 5.11 Å². The number of β-amino-alcohol motifs (C(OH)–C–C–N with tert-alkyl or cyclic N) is 1. The molecule has 0 spiro atoms. The van der Waals surface area contributed by atoms with Gasteiger partial charge in [-0.3, -0.25) is 4.90 Å². The molecule has 3 N–H and O–H groups in total. The third-order valence-electron chi connectivity index (χ3n) is 5.05. The van der Waals surface area contributed by atoms with Crippen LogP contribution in [-0.4, -0.2) is 57.2 Å². The lowest BCUT2D eigenvalue weighted by Crippen LogP contribution is -2.44. The molecule has 3 heterocycles. The summed E-state index contributed by atoms with van der Waals surface area (Å²) in [5.41, 5.74) is 6.81. The number of pyridine rings is 1. The van der Waals surface area contributed by atoms with Gasteiger partial charge >= 0.3 is 0 Å². The van der Waals surface area contributed by atoms with Gasteiger partial charge in [-0.2, -0.15) is 0 Å². The van der Waals surface area contributed by atoms with Crippen LogP contribution in [-0.2, 0) is 6.54 Å². The van der Waals surface area contributed by atoms with E-state index in [1.165, 1.54) is 11.9 Å². The molecule has 2 aromatic heterocycles. The summed E-state index contributed by atoms with van der Waals surface area (Å²) in [4.78, 5) is 17.1. The Balaban J connectivity index is 1.47. The van der Waals surface area contributed by atoms with Crippen LogP contribution in [0.5, 0.6) is 0 Å². The Kier molecular flexibility index (Phi) is 4.63. The van der Waals surface area contributed by atoms with Gasteiger partial charge in [-0.25, -0.2) is 15.0 Å². The molecule has 1 fully saturated rings. The van der Waals surface area contributed by atoms with Crippen molar-refractivity contribution >= 4 is 22.7 Å². The largest absolute Gasteiger partial charge is 0.387 e. The van der Waals surface area contributed by atoms with E-state index in [2.05, 4.69) is 32.0 Å². The van der Waals surface area contributed by atoms with E-state index in [1.807, 2.05) is 36.2 Å². The molecule has 1 aliphatic heterocycles. The summed E-state index contributed by atoms with van der Waals surface area (Å²) in [5, 5.41) is 12.0. The summed E-state index contributed by atoms with van der Waals surface area (Å²) in [7, 11) is 1.94. The Morgan fingerprint density at radius 1 is 1.19 bits per heavy atom. The van der Waals surface area contributed by atoms with Crippen molar-refractivity contribution in [2.45, 2.75) is 18.6 Å². The topological polar surface area (TPSA) is 91.4 Å². The van der Waals surface area contributed by atoms with Crippen LogP contribution in [0.25, 0.3) is 11.0 Å². The summed E-state index contributed by atoms with van der Waals surface area (Å²) in [6, 6.07) is 14.0. The van der Waals surface area contributed by atoms with E-state index >= 15 is 0 Å². The zero-order chi connectivity index (χ0) is 18.9. The van der Waals surface area contributed by atoms with Gasteiger partial charge in [-0.1, -0.05) is 30.3 Å². The number of rotatable bonds is 5. The van der Waals surface area contributed by atoms with Gasteiger partial charge in [-0.05, 0) is 24.1 Å². The van der Waals surface area contributed by atoms with Crippen molar-refractivity contribution in [3.8, 4) is 0 Å². The molecule has 4 rings (SSSR count). The molecular formula is C20H24N6O. The first-order chi connectivity index (χ1) is 13.0. The number of aliphatic hydroxyl groups is 1. The first-order valence-corrected chi connectivity index (χ1v) is 9.09. The van der Waals surface area contributed by atoms with Gasteiger partial charge in [0.05, 0.1) is 11.0 Å². The number of nitrogens with two attached hydrogens (primary N) is 1. The van der Waals surface area contributed by atoms with Crippen molar-refractivity contribution < 1.29 is 5.11 Å². The molecule has 0 aliphatic carbocycles. The average molecular weight is 364 g/mol. The Bertz CT molecular complexity index is 934. The van der Waals surface area contributed by atoms with Crippen molar-refractivity contribution in [2.24, 2.45) is 0 Å². The van der Waals surface area contributed by atoms with Crippen LogP contribution in [0, 0.1) is 0 Å². The molecule has 3 aromatic rings. The second-order valence-corrected chi connectivity index (χ2v) is 7.33. The monoisotopic (exact) mass is 364 g/mol. The fraction of sp³-hybridized carbons (Fsp3) is 0.350. The molecular weight excluding hydrogens is 340 g/mol. The molecule has 140 valence electrons. The van der Waals surface area contributed by atoms with Gasteiger partial charge in [0.15, 0.2) is 5.65 Å². The van der Waals surface area contributed by atoms with E-state index in [4.69, 9.17) is 5.73 Å². The fourth-order valence-corrected chi connectivity index (χ4v) is 3.81. The van der Waals surface area contributed by atoms with Crippen LogP contribution in [0.15, 0.2) is 48.8 Å². The normalized spacial score (nSPS) is 20.2. The van der Waals surface area contributed by atoms with Crippen molar-refractivity contribution in [3.63, 3.8) is 0 Å². The van der Waals surface area contributed by atoms with Crippen LogP contribution in [0.3, 0.4) is 0 Å². The predicted octanol–water partition coefficient (Wildman–Crippen LogP) is 1.68. The lowest BCUT2D eigenvalue weighted by Gasteiger charge is -2.30. The quantitative estimate of drug-likeness (QED) is 0.712. The minimum absolute atomic E-state index is 0.431. The van der Waals surface area contributed by atoms with Gasteiger partial charge in [0, 0.05) is 33.2 Å². The number of nitrogen functional groups attached to an aromatic ring is 1. The smallest absolute Gasteiger partial charge is 0.166 e. The summed E-state index contributed by atoms with van der Waals surface area (Å²) in [6.45, 7) is 2.86. The number of likely N-dealkylation sites (tertiary alicyclic amines) is 1. The Morgan fingerprint density at radius 3 is 2.81 bits per heavy atom. The Hall–Kier alpha value is -2.77. The van der Waals surface area contributed by atoms with Crippen LogP contribution in [0.1, 0.15) is 12.0 Å². The van der Waals surface area contributed by atoms with Crippen molar-refractivity contribution in [1.82, 2.24) is 19.9 Å². The maximum atomic E-state index is 11.1. The second-order valence-electron chi connectivity index (χ2n) is 7.33. The van der Waals surface area contributed by atoms with Gasteiger partial charge < -0.3 is 15.7 Å². The standard InChI is InChI=1S/C20H24N6O/c1-25(19-16-7-8-17(21)24-18(16)22-14-23-19)12-20(27)9-10-26(13-20)11-15-5-3-2-4-6-15/h2-8,14,27H,9-13H2,1H3,(H2,21,22,23,24). The van der Waals surface area contributed by atoms with Gasteiger partial charge in [0.1, 0.15) is 18.0 Å². The number of nitrogens with zero attached hydrogens (tertiary/aromatic N) is 5. The second kappa shape index (κ2) is 7.09. The summed E-state index contributed by atoms with van der Waals surface area (Å²) in [5.74, 6) is 1.18. The first-order valence-electron chi connectivity index (χ1n) is 9.09. The first kappa shape index (κ1) is 17.6. The number of hydrogen-bond donors (Lipinski definition) is 2. The van der Waals surface area contributed by atoms with Crippen molar-refractivity contribution in [3.05, 3.63) is 54.4 Å². The fourth-order valence-electron chi connectivity index (χ4n) is 3.81. The zero-order valence-electron chi connectivity index (χ0n) is 15.4. The number of aromatic nitrogens is 3. The van der Waals surface area contributed by atoms with Gasteiger partial charge in [-0.15, -0.1) is 0 Å². The minimum atomic E-state index is -0.776. The Morgan fingerprint density at radius 2 is 2.00 bits per heavy atom. The molecule has 0 radical (unpaired) electrons. The van der Waals surface area contributed by atoms with Gasteiger partial charge in [0.2, 0.25) is 0 Å². The average Bonchev–Trinajstić information content (AvgIpc) is 3.02. The SMILES string of the molecule is CN(CC1(O)CCN(Cc2ccccc2)C1)c1ncnc2nc(N)ccc12. The van der Waals surface area contributed by atoms with Crippen LogP contribution >= 0.6 is 0 Å². The third kappa shape index (κ3) is 3.84. The van der Waals surface area contributed by atoms with E-state index in [0.717, 1.165) is 30.7 Å². The molecule has 1 aliphatic rings. The number of benzene rings is 1. The summed E-state index contributed by atoms with van der Waals surface area (Å²) in [6.07, 6.45) is 2.22. The molecule has 0 saturated carbocycles. The number of hydrogen-bond acceptors (Lipinski definition) is 7. The van der Waals surface area contributed by atoms with E-state index in [1.54, 1.807) is 6.07 Å². The molecule has 0 bridgehead atoms. The molecule has 1 atom stereocenters. The minimum Gasteiger partial charge on any atom is -0.387 e. The molecule has 7 nitrogen and oxygen atoms in total. The van der Waals surface area contributed by atoms with Crippen molar-refractivity contribution in [2.75, 3.05) is 37.3 Å². The van der Waals surface area contributed by atoms with Gasteiger partial charge in [0.25, 0.3) is 0 Å². The van der Waals surface area contributed by atoms with E-state index < -0.39 is 5.60 Å². The van der Waals surface area contributed by atoms with E-state index in [0.29, 0.717) is 24.6 Å². The highest BCUT2D eigenvalue weighted by molar-refractivity contribution is 5.87. The molecule has 1 unspecified atom stereocenters. The maximum absolute atomic E-state index is 11.1. The highest BCUT2D eigenvalue weighted by atomic mass is 16.3. The summed E-state index contributed by atoms with van der Waals surface area (Å²) >= 11 is 0. The Labute approximate surface area is 158 Å². The molecule has 27 heavy (non-hydrogen) atoms. The number of fused-ring (bicyclic) bond motifs is 1. The molecule has 1 aromatic carbocycles. The molecule has 1 saturated heterocycles. The van der Waals surface area contributed by atoms with E-state index in [-0.39, 0.29) is 0 Å². The summed E-state index contributed by atoms with van der Waals surface area (Å²) < 4.78 is 0. The van der Waals surface area contributed by atoms with Crippen LogP contribution in [0.4, 0.5) is 11.6 Å². The van der Waals surface area contributed by atoms with Crippen molar-refractivity contribution in [1.29, 1.82) is 0 Å². The van der Waals surface area contributed by atoms with Crippen LogP contribution < -0.4 is 10.6 Å². The van der Waals surface area contributed by atoms with Crippen LogP contribution in [0.2, 0.25) is 0 Å². The highest BCUT2D eigenvalue weighted by Gasteiger charge is 2.37. The highest BCUT2D eigenvalue weighted by Crippen LogP contribution is 2.27. The lowest BCUT2D eigenvalue weighted by molar-refractivity contribution is 0.0561. The lowest BCUT2D eigenvalue weighted by atomic mass is 10.0. The number of likely N-dealkylation sites (N-methyl/N-ethyl adjacent to an activating group) is 1. The maximum Gasteiger partial charge on any atom is 0.166 e.